The van der Waals surface area contributed by atoms with Crippen molar-refractivity contribution in [1.29, 1.82) is 0 Å². The fourth-order valence-corrected chi connectivity index (χ4v) is 2.77. The van der Waals surface area contributed by atoms with Crippen molar-refractivity contribution in [2.24, 2.45) is 5.84 Å². The van der Waals surface area contributed by atoms with E-state index in [1.165, 1.54) is 0 Å². The summed E-state index contributed by atoms with van der Waals surface area (Å²) in [6.07, 6.45) is 0. The quantitative estimate of drug-likeness (QED) is 0.593. The topological polar surface area (TPSA) is 83.2 Å². The Bertz CT molecular complexity index is 411. The molecule has 2 heterocycles. The molecule has 1 unspecified atom stereocenters. The van der Waals surface area contributed by atoms with E-state index in [1.54, 1.807) is 0 Å². The fourth-order valence-electron chi connectivity index (χ4n) is 1.76. The van der Waals surface area contributed by atoms with Crippen LogP contribution >= 0.6 is 11.8 Å². The van der Waals surface area contributed by atoms with E-state index in [0.29, 0.717) is 23.1 Å². The van der Waals surface area contributed by atoms with Gasteiger partial charge in [-0.1, -0.05) is 6.92 Å². The minimum atomic E-state index is 0.398. The van der Waals surface area contributed by atoms with Crippen LogP contribution < -0.4 is 21.1 Å². The zero-order chi connectivity index (χ0) is 13.1. The number of nitrogens with two attached hydrogens (primary N) is 1. The molecule has 1 atom stereocenters. The molecule has 0 bridgehead atoms. The molecule has 0 amide bonds. The third-order valence-corrected chi connectivity index (χ3v) is 3.80. The number of nitrogen functional groups attached to an aromatic ring is 1. The molecule has 100 valence electrons. The molecule has 8 heteroatoms. The van der Waals surface area contributed by atoms with Crippen LogP contribution in [0, 0.1) is 0 Å². The largest absolute Gasteiger partial charge is 0.347 e. The normalized spacial score (nSPS) is 19.8. The van der Waals surface area contributed by atoms with Crippen molar-refractivity contribution in [2.75, 3.05) is 48.2 Å². The first-order valence-electron chi connectivity index (χ1n) is 5.86. The molecule has 0 spiro atoms. The van der Waals surface area contributed by atoms with Gasteiger partial charge in [0.15, 0.2) is 0 Å². The standard InChI is InChI=1S/C10H19N7S/c1-7-6-17(4-5-18-7)10-13-8(15-11)12-9(14-10)16(2)3/h7H,4-6,11H2,1-3H3,(H,12,13,14,15). The number of hydrogen-bond donors (Lipinski definition) is 2. The van der Waals surface area contributed by atoms with Crippen molar-refractivity contribution in [3.8, 4) is 0 Å². The van der Waals surface area contributed by atoms with Crippen molar-refractivity contribution in [3.63, 3.8) is 0 Å². The van der Waals surface area contributed by atoms with Gasteiger partial charge in [0.25, 0.3) is 0 Å². The number of thioether (sulfide) groups is 1. The number of hydrazine groups is 1. The number of rotatable bonds is 3. The molecule has 1 aliphatic rings. The van der Waals surface area contributed by atoms with Crippen LogP contribution in [0.1, 0.15) is 6.92 Å². The van der Waals surface area contributed by atoms with Crippen LogP contribution in [0.2, 0.25) is 0 Å². The van der Waals surface area contributed by atoms with Crippen molar-refractivity contribution in [1.82, 2.24) is 15.0 Å². The lowest BCUT2D eigenvalue weighted by atomic mass is 10.4. The summed E-state index contributed by atoms with van der Waals surface area (Å²) in [4.78, 5) is 17.0. The minimum Gasteiger partial charge on any atom is -0.347 e. The maximum absolute atomic E-state index is 5.40. The van der Waals surface area contributed by atoms with E-state index in [4.69, 9.17) is 5.84 Å². The second-order valence-electron chi connectivity index (χ2n) is 4.43. The summed E-state index contributed by atoms with van der Waals surface area (Å²) in [6, 6.07) is 0. The fraction of sp³-hybridized carbons (Fsp3) is 0.700. The Labute approximate surface area is 111 Å². The van der Waals surface area contributed by atoms with E-state index in [-0.39, 0.29) is 0 Å². The van der Waals surface area contributed by atoms with Crippen LogP contribution in [-0.2, 0) is 0 Å². The lowest BCUT2D eigenvalue weighted by molar-refractivity contribution is 0.748. The molecule has 0 radical (unpaired) electrons. The first-order chi connectivity index (χ1) is 8.60. The molecule has 7 nitrogen and oxygen atoms in total. The summed E-state index contributed by atoms with van der Waals surface area (Å²) in [5.74, 6) is 8.19. The smallest absolute Gasteiger partial charge is 0.243 e. The lowest BCUT2D eigenvalue weighted by Crippen LogP contribution is -2.38. The van der Waals surface area contributed by atoms with E-state index in [1.807, 2.05) is 30.8 Å². The zero-order valence-corrected chi connectivity index (χ0v) is 11.7. The molecular weight excluding hydrogens is 250 g/mol. The zero-order valence-electron chi connectivity index (χ0n) is 10.9. The molecule has 2 rings (SSSR count). The number of nitrogens with zero attached hydrogens (tertiary/aromatic N) is 5. The molecule has 1 aromatic rings. The van der Waals surface area contributed by atoms with E-state index < -0.39 is 0 Å². The molecule has 0 saturated carbocycles. The SMILES string of the molecule is CC1CN(c2nc(NN)nc(N(C)C)n2)CCS1. The maximum Gasteiger partial charge on any atom is 0.243 e. The first kappa shape index (κ1) is 13.2. The molecule has 1 saturated heterocycles. The molecule has 3 N–H and O–H groups in total. The highest BCUT2D eigenvalue weighted by atomic mass is 32.2. The van der Waals surface area contributed by atoms with Gasteiger partial charge >= 0.3 is 0 Å². The van der Waals surface area contributed by atoms with Crippen LogP contribution in [0.25, 0.3) is 0 Å². The van der Waals surface area contributed by atoms with Crippen molar-refractivity contribution in [2.45, 2.75) is 12.2 Å². The van der Waals surface area contributed by atoms with E-state index >= 15 is 0 Å². The third-order valence-electron chi connectivity index (χ3n) is 2.66. The Morgan fingerprint density at radius 3 is 2.78 bits per heavy atom. The van der Waals surface area contributed by atoms with E-state index in [2.05, 4.69) is 32.2 Å². The summed E-state index contributed by atoms with van der Waals surface area (Å²) < 4.78 is 0. The van der Waals surface area contributed by atoms with Gasteiger partial charge in [-0.2, -0.15) is 26.7 Å². The molecular formula is C10H19N7S. The van der Waals surface area contributed by atoms with Gasteiger partial charge in [-0.05, 0) is 0 Å². The maximum atomic E-state index is 5.40. The van der Waals surface area contributed by atoms with E-state index in [9.17, 15) is 0 Å². The molecule has 1 aromatic heterocycles. The van der Waals surface area contributed by atoms with Crippen molar-refractivity contribution < 1.29 is 0 Å². The highest BCUT2D eigenvalue weighted by Gasteiger charge is 2.20. The monoisotopic (exact) mass is 269 g/mol. The Balaban J connectivity index is 2.28. The predicted octanol–water partition coefficient (Wildman–Crippen LogP) is 0.165. The van der Waals surface area contributed by atoms with Gasteiger partial charge in [0.1, 0.15) is 0 Å². The lowest BCUT2D eigenvalue weighted by Gasteiger charge is -2.30. The number of anilines is 3. The summed E-state index contributed by atoms with van der Waals surface area (Å²) in [5, 5.41) is 0.590. The van der Waals surface area contributed by atoms with Gasteiger partial charge in [-0.15, -0.1) is 0 Å². The van der Waals surface area contributed by atoms with Crippen LogP contribution in [0.3, 0.4) is 0 Å². The molecule has 18 heavy (non-hydrogen) atoms. The summed E-state index contributed by atoms with van der Waals surface area (Å²) in [6.45, 7) is 4.12. The van der Waals surface area contributed by atoms with Crippen molar-refractivity contribution >= 4 is 29.6 Å². The van der Waals surface area contributed by atoms with Gasteiger partial charge in [-0.25, -0.2) is 5.84 Å². The Morgan fingerprint density at radius 2 is 2.17 bits per heavy atom. The highest BCUT2D eigenvalue weighted by molar-refractivity contribution is 8.00. The van der Waals surface area contributed by atoms with Crippen LogP contribution in [0.15, 0.2) is 0 Å². The number of nitrogens with one attached hydrogen (secondary N) is 1. The molecule has 0 aromatic carbocycles. The van der Waals surface area contributed by atoms with E-state index in [0.717, 1.165) is 18.8 Å². The predicted molar refractivity (Wildman–Crippen MR) is 76.1 cm³/mol. The van der Waals surface area contributed by atoms with Gasteiger partial charge in [0.05, 0.1) is 0 Å². The Hall–Kier alpha value is -1.28. The number of aromatic nitrogens is 3. The average Bonchev–Trinajstić information content (AvgIpc) is 2.38. The van der Waals surface area contributed by atoms with Gasteiger partial charge in [0, 0.05) is 38.2 Å². The second-order valence-corrected chi connectivity index (χ2v) is 5.97. The van der Waals surface area contributed by atoms with Crippen LogP contribution in [0.5, 0.6) is 0 Å². The summed E-state index contributed by atoms with van der Waals surface area (Å²) >= 11 is 1.97. The van der Waals surface area contributed by atoms with Gasteiger partial charge in [0.2, 0.25) is 17.8 Å². The Morgan fingerprint density at radius 1 is 1.39 bits per heavy atom. The first-order valence-corrected chi connectivity index (χ1v) is 6.91. The Kier molecular flexibility index (Phi) is 4.07. The van der Waals surface area contributed by atoms with Crippen molar-refractivity contribution in [3.05, 3.63) is 0 Å². The van der Waals surface area contributed by atoms with Gasteiger partial charge < -0.3 is 9.80 Å². The summed E-state index contributed by atoms with van der Waals surface area (Å²) in [5.41, 5.74) is 2.49. The highest BCUT2D eigenvalue weighted by Crippen LogP contribution is 2.22. The second kappa shape index (κ2) is 5.57. The van der Waals surface area contributed by atoms with Crippen LogP contribution in [0.4, 0.5) is 17.8 Å². The number of hydrogen-bond acceptors (Lipinski definition) is 8. The molecule has 1 aliphatic heterocycles. The average molecular weight is 269 g/mol. The minimum absolute atomic E-state index is 0.398. The summed E-state index contributed by atoms with van der Waals surface area (Å²) in [7, 11) is 3.79. The van der Waals surface area contributed by atoms with Crippen LogP contribution in [-0.4, -0.2) is 53.1 Å². The molecule has 1 fully saturated rings. The third kappa shape index (κ3) is 2.94. The van der Waals surface area contributed by atoms with Gasteiger partial charge in [-0.3, -0.25) is 5.43 Å². The molecule has 0 aliphatic carbocycles.